The van der Waals surface area contributed by atoms with Crippen molar-refractivity contribution in [1.29, 1.82) is 0 Å². The van der Waals surface area contributed by atoms with Crippen LogP contribution in [-0.4, -0.2) is 61.8 Å². The molecule has 1 saturated carbocycles. The van der Waals surface area contributed by atoms with Gasteiger partial charge in [-0.1, -0.05) is 13.8 Å². The Bertz CT molecular complexity index is 956. The zero-order chi connectivity index (χ0) is 24.6. The van der Waals surface area contributed by atoms with Gasteiger partial charge < -0.3 is 10.2 Å². The Morgan fingerprint density at radius 3 is 2.21 bits per heavy atom. The summed E-state index contributed by atoms with van der Waals surface area (Å²) in [6.45, 7) is 4.72. The first-order valence-electron chi connectivity index (χ1n) is 11.2. The lowest BCUT2D eigenvalue weighted by Gasteiger charge is -2.39. The molecule has 1 saturated heterocycles. The van der Waals surface area contributed by atoms with Crippen LogP contribution in [0.3, 0.4) is 0 Å². The van der Waals surface area contributed by atoms with Crippen molar-refractivity contribution in [1.82, 2.24) is 14.5 Å². The fraction of sp³-hybridized carbons (Fsp3) is 0.682. The zero-order valence-electron chi connectivity index (χ0n) is 19.0. The Kier molecular flexibility index (Phi) is 7.75. The molecule has 0 bridgehead atoms. The minimum absolute atomic E-state index is 0.0469. The van der Waals surface area contributed by atoms with Crippen LogP contribution in [0.2, 0.25) is 0 Å². The largest absolute Gasteiger partial charge is 0.416 e. The van der Waals surface area contributed by atoms with E-state index >= 15 is 0 Å². The molecule has 33 heavy (non-hydrogen) atoms. The highest BCUT2D eigenvalue weighted by atomic mass is 32.2. The molecule has 0 aromatic heterocycles. The Balaban J connectivity index is 1.79. The highest BCUT2D eigenvalue weighted by molar-refractivity contribution is 7.89. The standard InChI is InChI=1S/C22H31F4N3O3S/c1-14(2)12-19(27-3)21(30)28-10-8-17(9-11-28)29(16-5-6-16)33(31,32)20-13-15(22(24,25)26)4-7-18(20)23/h4,7,13-14,16-17,19,27H,5-6,8-12H2,1-3H3/t19-/m0/s1. The molecule has 1 aliphatic heterocycles. The quantitative estimate of drug-likeness (QED) is 0.562. The van der Waals surface area contributed by atoms with E-state index in [1.165, 1.54) is 4.31 Å². The second-order valence-corrected chi connectivity index (χ2v) is 11.0. The number of nitrogens with zero attached hydrogens (tertiary/aromatic N) is 2. The molecule has 11 heteroatoms. The average Bonchev–Trinajstić information content (AvgIpc) is 3.56. The van der Waals surface area contributed by atoms with Crippen molar-refractivity contribution in [3.05, 3.63) is 29.6 Å². The third-order valence-corrected chi connectivity index (χ3v) is 8.23. The smallest absolute Gasteiger partial charge is 0.341 e. The molecule has 2 fully saturated rings. The number of sulfonamides is 1. The number of hydrogen-bond acceptors (Lipinski definition) is 4. The van der Waals surface area contributed by atoms with Crippen LogP contribution in [0.1, 0.15) is 51.5 Å². The summed E-state index contributed by atoms with van der Waals surface area (Å²) in [5.74, 6) is -0.928. The van der Waals surface area contributed by atoms with Crippen LogP contribution in [-0.2, 0) is 21.0 Å². The van der Waals surface area contributed by atoms with E-state index in [1.54, 1.807) is 11.9 Å². The third-order valence-electron chi connectivity index (χ3n) is 6.21. The molecule has 2 aliphatic rings. The summed E-state index contributed by atoms with van der Waals surface area (Å²) in [6.07, 6.45) is -2.26. The molecule has 1 heterocycles. The van der Waals surface area contributed by atoms with E-state index in [0.717, 1.165) is 0 Å². The Morgan fingerprint density at radius 2 is 1.73 bits per heavy atom. The third kappa shape index (κ3) is 5.86. The lowest BCUT2D eigenvalue weighted by Crippen LogP contribution is -2.53. The number of carbonyl (C=O) groups is 1. The number of carbonyl (C=O) groups excluding carboxylic acids is 1. The van der Waals surface area contributed by atoms with E-state index in [1.807, 2.05) is 13.8 Å². The Hall–Kier alpha value is -1.72. The van der Waals surface area contributed by atoms with Gasteiger partial charge in [0.15, 0.2) is 0 Å². The van der Waals surface area contributed by atoms with Crippen molar-refractivity contribution in [3.63, 3.8) is 0 Å². The average molecular weight is 494 g/mol. The molecule has 0 radical (unpaired) electrons. The summed E-state index contributed by atoms with van der Waals surface area (Å²) < 4.78 is 81.7. The van der Waals surface area contributed by atoms with Gasteiger partial charge in [0, 0.05) is 25.2 Å². The maximum Gasteiger partial charge on any atom is 0.416 e. The van der Waals surface area contributed by atoms with Crippen molar-refractivity contribution < 1.29 is 30.8 Å². The fourth-order valence-electron chi connectivity index (χ4n) is 4.39. The summed E-state index contributed by atoms with van der Waals surface area (Å²) in [5.41, 5.74) is -1.21. The SMILES string of the molecule is CN[C@@H](CC(C)C)C(=O)N1CCC(N(C2CC2)S(=O)(=O)c2cc(C(F)(F)F)ccc2F)CC1. The van der Waals surface area contributed by atoms with Gasteiger partial charge in [0.2, 0.25) is 15.9 Å². The van der Waals surface area contributed by atoms with Gasteiger partial charge in [0.25, 0.3) is 0 Å². The number of nitrogens with one attached hydrogen (secondary N) is 1. The number of piperidine rings is 1. The van der Waals surface area contributed by atoms with Gasteiger partial charge in [0.05, 0.1) is 11.6 Å². The molecule has 186 valence electrons. The predicted octanol–water partition coefficient (Wildman–Crippen LogP) is 3.62. The van der Waals surface area contributed by atoms with Crippen LogP contribution in [0, 0.1) is 11.7 Å². The molecular weight excluding hydrogens is 462 g/mol. The number of halogens is 4. The lowest BCUT2D eigenvalue weighted by atomic mass is 10.00. The Labute approximate surface area is 192 Å². The molecule has 6 nitrogen and oxygen atoms in total. The number of rotatable bonds is 8. The number of amides is 1. The number of alkyl halides is 3. The number of hydrogen-bond donors (Lipinski definition) is 1. The minimum atomic E-state index is -4.78. The molecule has 1 atom stereocenters. The summed E-state index contributed by atoms with van der Waals surface area (Å²) in [7, 11) is -2.76. The number of likely N-dealkylation sites (N-methyl/N-ethyl adjacent to an activating group) is 1. The van der Waals surface area contributed by atoms with Crippen LogP contribution in [0.5, 0.6) is 0 Å². The van der Waals surface area contributed by atoms with E-state index < -0.39 is 38.5 Å². The van der Waals surface area contributed by atoms with Crippen LogP contribution >= 0.6 is 0 Å². The lowest BCUT2D eigenvalue weighted by molar-refractivity contribution is -0.138. The molecule has 3 rings (SSSR count). The van der Waals surface area contributed by atoms with Crippen molar-refractivity contribution >= 4 is 15.9 Å². The molecule has 1 amide bonds. The first-order valence-corrected chi connectivity index (χ1v) is 12.7. The van der Waals surface area contributed by atoms with E-state index in [2.05, 4.69) is 5.32 Å². The molecule has 1 aromatic carbocycles. The van der Waals surface area contributed by atoms with Gasteiger partial charge in [0.1, 0.15) is 10.7 Å². The normalized spacial score (nSPS) is 19.4. The molecule has 1 N–H and O–H groups in total. The molecule has 0 spiro atoms. The van der Waals surface area contributed by atoms with Gasteiger partial charge in [-0.3, -0.25) is 4.79 Å². The van der Waals surface area contributed by atoms with Crippen molar-refractivity contribution in [2.75, 3.05) is 20.1 Å². The predicted molar refractivity (Wildman–Crippen MR) is 115 cm³/mol. The second-order valence-electron chi connectivity index (χ2n) is 9.24. The maximum atomic E-state index is 14.4. The molecule has 1 aliphatic carbocycles. The number of likely N-dealkylation sites (tertiary alicyclic amines) is 1. The van der Waals surface area contributed by atoms with Crippen molar-refractivity contribution in [2.45, 2.75) is 75.1 Å². The van der Waals surface area contributed by atoms with Crippen LogP contribution in [0.4, 0.5) is 17.6 Å². The second kappa shape index (κ2) is 9.87. The molecule has 1 aromatic rings. The first kappa shape index (κ1) is 25.9. The van der Waals surface area contributed by atoms with Gasteiger partial charge in [-0.05, 0) is 63.3 Å². The van der Waals surface area contributed by atoms with Crippen LogP contribution in [0.15, 0.2) is 23.1 Å². The van der Waals surface area contributed by atoms with Gasteiger partial charge in [-0.2, -0.15) is 17.5 Å². The highest BCUT2D eigenvalue weighted by Gasteiger charge is 2.45. The summed E-state index contributed by atoms with van der Waals surface area (Å²) >= 11 is 0. The van der Waals surface area contributed by atoms with E-state index in [4.69, 9.17) is 0 Å². The van der Waals surface area contributed by atoms with Crippen molar-refractivity contribution in [3.8, 4) is 0 Å². The molecule has 0 unspecified atom stereocenters. The topological polar surface area (TPSA) is 69.7 Å². The highest BCUT2D eigenvalue weighted by Crippen LogP contribution is 2.39. The van der Waals surface area contributed by atoms with Gasteiger partial charge in [-0.15, -0.1) is 0 Å². The van der Waals surface area contributed by atoms with Gasteiger partial charge >= 0.3 is 6.18 Å². The van der Waals surface area contributed by atoms with Crippen molar-refractivity contribution in [2.24, 2.45) is 5.92 Å². The minimum Gasteiger partial charge on any atom is -0.341 e. The summed E-state index contributed by atoms with van der Waals surface area (Å²) in [6, 6.07) is 0.274. The number of benzene rings is 1. The first-order chi connectivity index (χ1) is 15.4. The summed E-state index contributed by atoms with van der Waals surface area (Å²) in [5, 5.41) is 3.03. The fourth-order valence-corrected chi connectivity index (χ4v) is 6.41. The Morgan fingerprint density at radius 1 is 1.15 bits per heavy atom. The van der Waals surface area contributed by atoms with Crippen LogP contribution in [0.25, 0.3) is 0 Å². The maximum absolute atomic E-state index is 14.4. The van der Waals surface area contributed by atoms with E-state index in [9.17, 15) is 30.8 Å². The van der Waals surface area contributed by atoms with Crippen LogP contribution < -0.4 is 5.32 Å². The molecular formula is C22H31F4N3O3S. The zero-order valence-corrected chi connectivity index (χ0v) is 19.8. The van der Waals surface area contributed by atoms with Gasteiger partial charge in [-0.25, -0.2) is 12.8 Å². The van der Waals surface area contributed by atoms with E-state index in [-0.39, 0.29) is 18.0 Å². The summed E-state index contributed by atoms with van der Waals surface area (Å²) in [4.78, 5) is 13.6. The monoisotopic (exact) mass is 493 g/mol. The van der Waals surface area contributed by atoms with E-state index in [0.29, 0.717) is 69.3 Å².